The van der Waals surface area contributed by atoms with Gasteiger partial charge in [-0.2, -0.15) is 8.78 Å². The number of ether oxygens (including phenoxy) is 2. The molecule has 0 spiro atoms. The van der Waals surface area contributed by atoms with Crippen LogP contribution in [0.1, 0.15) is 10.5 Å². The second-order valence-electron chi connectivity index (χ2n) is 5.39. The lowest BCUT2D eigenvalue weighted by molar-refractivity contribution is -0.119. The van der Waals surface area contributed by atoms with Crippen LogP contribution in [0.25, 0.3) is 10.9 Å². The third-order valence-electron chi connectivity index (χ3n) is 3.52. The summed E-state index contributed by atoms with van der Waals surface area (Å²) in [7, 11) is 0. The van der Waals surface area contributed by atoms with Crippen LogP contribution in [-0.2, 0) is 9.53 Å². The summed E-state index contributed by atoms with van der Waals surface area (Å²) in [6, 6.07) is 16.2. The highest BCUT2D eigenvalue weighted by Gasteiger charge is 2.15. The van der Waals surface area contributed by atoms with Crippen LogP contribution in [0, 0.1) is 0 Å². The van der Waals surface area contributed by atoms with Crippen molar-refractivity contribution >= 4 is 28.5 Å². The van der Waals surface area contributed by atoms with Crippen LogP contribution in [-0.4, -0.2) is 30.1 Å². The number of nitrogens with zero attached hydrogens (tertiary/aromatic N) is 1. The van der Waals surface area contributed by atoms with E-state index in [1.165, 1.54) is 24.3 Å². The second kappa shape index (κ2) is 8.22. The molecule has 6 nitrogen and oxygen atoms in total. The number of para-hydroxylation sites is 3. The Balaban J connectivity index is 1.61. The number of carbonyl (C=O) groups excluding carboxylic acids is 2. The van der Waals surface area contributed by atoms with Gasteiger partial charge in [0.2, 0.25) is 0 Å². The summed E-state index contributed by atoms with van der Waals surface area (Å²) in [6.07, 6.45) is 0. The zero-order valence-corrected chi connectivity index (χ0v) is 13.9. The monoisotopic (exact) mass is 372 g/mol. The van der Waals surface area contributed by atoms with Gasteiger partial charge in [0.05, 0.1) is 11.2 Å². The zero-order chi connectivity index (χ0) is 19.2. The SMILES string of the molecule is O=C(COC(=O)c1ccc2ccccc2n1)Nc1ccccc1OC(F)F. The molecular formula is C19H14F2N2O4. The van der Waals surface area contributed by atoms with E-state index in [0.717, 1.165) is 5.39 Å². The molecule has 1 N–H and O–H groups in total. The molecular weight excluding hydrogens is 358 g/mol. The Morgan fingerprint density at radius 3 is 2.56 bits per heavy atom. The van der Waals surface area contributed by atoms with Gasteiger partial charge in [-0.15, -0.1) is 0 Å². The second-order valence-corrected chi connectivity index (χ2v) is 5.39. The first-order chi connectivity index (χ1) is 13.0. The number of pyridine rings is 1. The van der Waals surface area contributed by atoms with Gasteiger partial charge in [0.1, 0.15) is 11.4 Å². The summed E-state index contributed by atoms with van der Waals surface area (Å²) in [4.78, 5) is 28.2. The number of fused-ring (bicyclic) bond motifs is 1. The van der Waals surface area contributed by atoms with Crippen LogP contribution in [0.15, 0.2) is 60.7 Å². The molecule has 1 heterocycles. The number of hydrogen-bond acceptors (Lipinski definition) is 5. The number of rotatable bonds is 6. The summed E-state index contributed by atoms with van der Waals surface area (Å²) in [5.74, 6) is -1.66. The number of alkyl halides is 2. The molecule has 0 radical (unpaired) electrons. The van der Waals surface area contributed by atoms with E-state index >= 15 is 0 Å². The van der Waals surface area contributed by atoms with E-state index in [0.29, 0.717) is 5.52 Å². The van der Waals surface area contributed by atoms with E-state index in [1.807, 2.05) is 12.1 Å². The van der Waals surface area contributed by atoms with Gasteiger partial charge in [-0.25, -0.2) is 9.78 Å². The normalized spacial score (nSPS) is 10.6. The Hall–Kier alpha value is -3.55. The molecule has 1 aromatic heterocycles. The Labute approximate surface area is 152 Å². The predicted octanol–water partition coefficient (Wildman–Crippen LogP) is 3.63. The van der Waals surface area contributed by atoms with E-state index in [2.05, 4.69) is 15.0 Å². The molecule has 0 bridgehead atoms. The third-order valence-corrected chi connectivity index (χ3v) is 3.52. The highest BCUT2D eigenvalue weighted by Crippen LogP contribution is 2.25. The summed E-state index contributed by atoms with van der Waals surface area (Å²) >= 11 is 0. The topological polar surface area (TPSA) is 77.5 Å². The molecule has 3 rings (SSSR count). The van der Waals surface area contributed by atoms with E-state index < -0.39 is 25.1 Å². The van der Waals surface area contributed by atoms with Crippen molar-refractivity contribution in [3.63, 3.8) is 0 Å². The van der Waals surface area contributed by atoms with Crippen LogP contribution >= 0.6 is 0 Å². The first-order valence-corrected chi connectivity index (χ1v) is 7.89. The number of benzene rings is 2. The van der Waals surface area contributed by atoms with Gasteiger partial charge in [0.15, 0.2) is 6.61 Å². The molecule has 0 aliphatic heterocycles. The molecule has 8 heteroatoms. The summed E-state index contributed by atoms with van der Waals surface area (Å²) < 4.78 is 34.0. The smallest absolute Gasteiger partial charge is 0.387 e. The summed E-state index contributed by atoms with van der Waals surface area (Å²) in [5.41, 5.74) is 0.722. The zero-order valence-electron chi connectivity index (χ0n) is 13.9. The Bertz CT molecular complexity index is 979. The minimum atomic E-state index is -3.03. The molecule has 0 atom stereocenters. The number of nitrogens with one attached hydrogen (secondary N) is 1. The van der Waals surface area contributed by atoms with E-state index in [-0.39, 0.29) is 17.1 Å². The highest BCUT2D eigenvalue weighted by molar-refractivity contribution is 5.96. The maximum absolute atomic E-state index is 12.4. The van der Waals surface area contributed by atoms with Gasteiger partial charge >= 0.3 is 12.6 Å². The minimum absolute atomic E-state index is 0.0441. The lowest BCUT2D eigenvalue weighted by Crippen LogP contribution is -2.22. The van der Waals surface area contributed by atoms with E-state index in [9.17, 15) is 18.4 Å². The van der Waals surface area contributed by atoms with Gasteiger partial charge < -0.3 is 14.8 Å². The fraction of sp³-hybridized carbons (Fsp3) is 0.105. The average Bonchev–Trinajstić information content (AvgIpc) is 2.67. The molecule has 0 saturated heterocycles. The fourth-order valence-corrected chi connectivity index (χ4v) is 2.34. The quantitative estimate of drug-likeness (QED) is 0.669. The van der Waals surface area contributed by atoms with Crippen LogP contribution in [0.5, 0.6) is 5.75 Å². The molecule has 2 aromatic carbocycles. The first kappa shape index (κ1) is 18.2. The molecule has 3 aromatic rings. The third kappa shape index (κ3) is 4.75. The minimum Gasteiger partial charge on any atom is -0.451 e. The van der Waals surface area contributed by atoms with Crippen LogP contribution in [0.4, 0.5) is 14.5 Å². The number of anilines is 1. The van der Waals surface area contributed by atoms with Crippen molar-refractivity contribution in [3.05, 3.63) is 66.4 Å². The molecule has 1 amide bonds. The highest BCUT2D eigenvalue weighted by atomic mass is 19.3. The fourth-order valence-electron chi connectivity index (χ4n) is 2.34. The Kier molecular flexibility index (Phi) is 5.55. The average molecular weight is 372 g/mol. The van der Waals surface area contributed by atoms with E-state index in [4.69, 9.17) is 4.74 Å². The first-order valence-electron chi connectivity index (χ1n) is 7.89. The number of halogens is 2. The van der Waals surface area contributed by atoms with Crippen LogP contribution < -0.4 is 10.1 Å². The maximum Gasteiger partial charge on any atom is 0.387 e. The van der Waals surface area contributed by atoms with Gasteiger partial charge in [-0.3, -0.25) is 4.79 Å². The van der Waals surface area contributed by atoms with Crippen molar-refractivity contribution in [1.29, 1.82) is 0 Å². The van der Waals surface area contributed by atoms with Crippen molar-refractivity contribution < 1.29 is 27.8 Å². The van der Waals surface area contributed by atoms with Gasteiger partial charge in [-0.05, 0) is 24.3 Å². The number of amides is 1. The summed E-state index contributed by atoms with van der Waals surface area (Å²) in [5, 5.41) is 3.22. The Morgan fingerprint density at radius 1 is 1.00 bits per heavy atom. The van der Waals surface area contributed by atoms with Crippen molar-refractivity contribution in [1.82, 2.24) is 4.98 Å². The van der Waals surface area contributed by atoms with Crippen molar-refractivity contribution in [2.75, 3.05) is 11.9 Å². The lowest BCUT2D eigenvalue weighted by Gasteiger charge is -2.11. The predicted molar refractivity (Wildman–Crippen MR) is 93.7 cm³/mol. The Morgan fingerprint density at radius 2 is 1.74 bits per heavy atom. The molecule has 0 unspecified atom stereocenters. The maximum atomic E-state index is 12.4. The van der Waals surface area contributed by atoms with Gasteiger partial charge in [-0.1, -0.05) is 36.4 Å². The summed E-state index contributed by atoms with van der Waals surface area (Å²) in [6.45, 7) is -3.63. The molecule has 0 aliphatic carbocycles. The molecule has 0 fully saturated rings. The largest absolute Gasteiger partial charge is 0.451 e. The standard InChI is InChI=1S/C19H14F2N2O4/c20-19(21)27-16-8-4-3-7-14(16)23-17(24)11-26-18(25)15-10-9-12-5-1-2-6-13(12)22-15/h1-10,19H,11H2,(H,23,24). The van der Waals surface area contributed by atoms with Crippen molar-refractivity contribution in [2.45, 2.75) is 6.61 Å². The number of hydrogen-bond donors (Lipinski definition) is 1. The van der Waals surface area contributed by atoms with Crippen LogP contribution in [0.3, 0.4) is 0 Å². The molecule has 0 aliphatic rings. The van der Waals surface area contributed by atoms with E-state index in [1.54, 1.807) is 24.3 Å². The molecule has 27 heavy (non-hydrogen) atoms. The number of aromatic nitrogens is 1. The van der Waals surface area contributed by atoms with Crippen LogP contribution in [0.2, 0.25) is 0 Å². The lowest BCUT2D eigenvalue weighted by atomic mass is 10.2. The van der Waals surface area contributed by atoms with Crippen molar-refractivity contribution in [2.24, 2.45) is 0 Å². The number of esters is 1. The van der Waals surface area contributed by atoms with Gasteiger partial charge in [0, 0.05) is 5.39 Å². The number of carbonyl (C=O) groups is 2. The van der Waals surface area contributed by atoms with Gasteiger partial charge in [0.25, 0.3) is 5.91 Å². The van der Waals surface area contributed by atoms with Crippen molar-refractivity contribution in [3.8, 4) is 5.75 Å². The molecule has 138 valence electrons. The molecule has 0 saturated carbocycles.